The van der Waals surface area contributed by atoms with Crippen molar-refractivity contribution in [2.45, 2.75) is 43.9 Å². The fraction of sp³-hybridized carbons (Fsp3) is 0.360. The van der Waals surface area contributed by atoms with Crippen LogP contribution in [-0.2, 0) is 16.6 Å². The topological polar surface area (TPSA) is 117 Å². The van der Waals surface area contributed by atoms with E-state index >= 15 is 0 Å². The summed E-state index contributed by atoms with van der Waals surface area (Å²) in [7, 11) is 1.33. The van der Waals surface area contributed by atoms with Crippen LogP contribution in [0, 0.1) is 5.82 Å². The minimum absolute atomic E-state index is 0.0847. The zero-order valence-electron chi connectivity index (χ0n) is 19.9. The highest BCUT2D eigenvalue weighted by Gasteiger charge is 2.56. The number of hydrogen-bond acceptors (Lipinski definition) is 4. The van der Waals surface area contributed by atoms with E-state index in [-0.39, 0.29) is 29.1 Å². The van der Waals surface area contributed by atoms with E-state index in [0.29, 0.717) is 10.9 Å². The summed E-state index contributed by atoms with van der Waals surface area (Å²) in [4.78, 5) is 25.9. The van der Waals surface area contributed by atoms with Gasteiger partial charge >= 0.3 is 6.18 Å². The van der Waals surface area contributed by atoms with Crippen LogP contribution in [0.3, 0.4) is 0 Å². The molecule has 2 amide bonds. The van der Waals surface area contributed by atoms with Gasteiger partial charge in [0.1, 0.15) is 11.6 Å². The summed E-state index contributed by atoms with van der Waals surface area (Å²) in [6, 6.07) is 9.37. The molecule has 1 atom stereocenters. The molecule has 3 rings (SSSR count). The number of ether oxygens (including phenoxy) is 1. The average Bonchev–Trinajstić information content (AvgIpc) is 3.17. The van der Waals surface area contributed by atoms with Crippen molar-refractivity contribution in [3.8, 4) is 5.75 Å². The van der Waals surface area contributed by atoms with Crippen LogP contribution in [0.15, 0.2) is 42.5 Å². The van der Waals surface area contributed by atoms with Crippen LogP contribution in [0.2, 0.25) is 0 Å². The molecule has 0 aliphatic rings. The molecule has 7 nitrogen and oxygen atoms in total. The summed E-state index contributed by atoms with van der Waals surface area (Å²) in [5, 5.41) is 13.7. The first-order chi connectivity index (χ1) is 16.6. The molecule has 0 fully saturated rings. The number of fused-ring (bicyclic) bond motifs is 1. The number of carbonyl (C=O) groups is 2. The van der Waals surface area contributed by atoms with Gasteiger partial charge in [0, 0.05) is 34.1 Å². The highest BCUT2D eigenvalue weighted by molar-refractivity contribution is 5.99. The third kappa shape index (κ3) is 5.78. The van der Waals surface area contributed by atoms with Crippen LogP contribution in [0.4, 0.5) is 17.6 Å². The van der Waals surface area contributed by atoms with Gasteiger partial charge in [-0.1, -0.05) is 13.8 Å². The van der Waals surface area contributed by atoms with Crippen molar-refractivity contribution in [3.63, 3.8) is 0 Å². The van der Waals surface area contributed by atoms with Crippen LogP contribution in [0.5, 0.6) is 5.75 Å². The monoisotopic (exact) mass is 509 g/mol. The van der Waals surface area contributed by atoms with Crippen molar-refractivity contribution in [1.82, 2.24) is 10.3 Å². The van der Waals surface area contributed by atoms with Crippen LogP contribution >= 0.6 is 0 Å². The van der Waals surface area contributed by atoms with Gasteiger partial charge < -0.3 is 25.9 Å². The van der Waals surface area contributed by atoms with Gasteiger partial charge in [-0.3, -0.25) is 9.59 Å². The van der Waals surface area contributed by atoms with E-state index in [1.165, 1.54) is 51.3 Å². The van der Waals surface area contributed by atoms with Gasteiger partial charge in [0.05, 0.1) is 13.7 Å². The molecule has 0 aliphatic heterocycles. The number of primary amides is 1. The summed E-state index contributed by atoms with van der Waals surface area (Å²) in [5.74, 6) is -1.73. The first kappa shape index (κ1) is 27.0. The first-order valence-electron chi connectivity index (χ1n) is 11.0. The van der Waals surface area contributed by atoms with E-state index in [4.69, 9.17) is 10.5 Å². The SMILES string of the molecule is COc1ccc(F)cc1C(C)(C)CC(O)(Cc1cc2cc(C(=O)NCC(N)=O)ccc2[nH]1)C(F)(F)F. The van der Waals surface area contributed by atoms with Crippen LogP contribution in [0.25, 0.3) is 10.9 Å². The Labute approximate surface area is 204 Å². The number of H-pyrrole nitrogens is 1. The lowest BCUT2D eigenvalue weighted by Gasteiger charge is -2.38. The molecule has 1 heterocycles. The molecular formula is C25H27F4N3O4. The van der Waals surface area contributed by atoms with Crippen molar-refractivity contribution >= 4 is 22.7 Å². The molecule has 1 unspecified atom stereocenters. The summed E-state index contributed by atoms with van der Waals surface area (Å²) >= 11 is 0. The number of benzene rings is 2. The van der Waals surface area contributed by atoms with Gasteiger partial charge in [0.25, 0.3) is 5.91 Å². The fourth-order valence-corrected chi connectivity index (χ4v) is 4.31. The predicted octanol–water partition coefficient (Wildman–Crippen LogP) is 3.73. The molecule has 0 radical (unpaired) electrons. The molecular weight excluding hydrogens is 482 g/mol. The predicted molar refractivity (Wildman–Crippen MR) is 125 cm³/mol. The number of aromatic amines is 1. The number of methoxy groups -OCH3 is 1. The highest BCUT2D eigenvalue weighted by atomic mass is 19.4. The molecule has 1 aromatic heterocycles. The molecule has 0 spiro atoms. The number of hydrogen-bond donors (Lipinski definition) is 4. The number of alkyl halides is 3. The number of nitrogens with two attached hydrogens (primary N) is 1. The minimum atomic E-state index is -5.01. The minimum Gasteiger partial charge on any atom is -0.496 e. The smallest absolute Gasteiger partial charge is 0.417 e. The molecule has 0 aliphatic carbocycles. The Kier molecular flexibility index (Phi) is 7.35. The number of amides is 2. The average molecular weight is 510 g/mol. The summed E-state index contributed by atoms with van der Waals surface area (Å²) < 4.78 is 61.8. The number of halogens is 4. The molecule has 0 bridgehead atoms. The van der Waals surface area contributed by atoms with Crippen LogP contribution in [0.1, 0.15) is 41.9 Å². The Morgan fingerprint density at radius 1 is 1.11 bits per heavy atom. The number of nitrogens with one attached hydrogen (secondary N) is 2. The van der Waals surface area contributed by atoms with Gasteiger partial charge in [-0.15, -0.1) is 0 Å². The van der Waals surface area contributed by atoms with Crippen molar-refractivity contribution < 1.29 is 37.0 Å². The second-order valence-electron chi connectivity index (χ2n) is 9.36. The molecule has 194 valence electrons. The standard InChI is InChI=1S/C25H27F4N3O4/c1-23(2,18-10-16(26)5-7-20(18)36-3)13-24(35,25(27,28)29)11-17-9-15-8-14(4-6-19(15)32-17)22(34)31-12-21(30)33/h4-10,32,35H,11-13H2,1-3H3,(H2,30,33)(H,31,34). The van der Waals surface area contributed by atoms with E-state index in [1.54, 1.807) is 0 Å². The lowest BCUT2D eigenvalue weighted by atomic mass is 9.73. The van der Waals surface area contributed by atoms with E-state index < -0.39 is 47.7 Å². The van der Waals surface area contributed by atoms with E-state index in [0.717, 1.165) is 12.1 Å². The van der Waals surface area contributed by atoms with Gasteiger partial charge in [0.15, 0.2) is 5.60 Å². The lowest BCUT2D eigenvalue weighted by molar-refractivity contribution is -0.266. The number of aliphatic hydroxyl groups is 1. The largest absolute Gasteiger partial charge is 0.496 e. The Bertz CT molecular complexity index is 1290. The summed E-state index contributed by atoms with van der Waals surface area (Å²) in [5.41, 5.74) is 1.42. The number of rotatable bonds is 9. The molecule has 2 aromatic carbocycles. The second-order valence-corrected chi connectivity index (χ2v) is 9.36. The van der Waals surface area contributed by atoms with Gasteiger partial charge in [0.2, 0.25) is 5.91 Å². The van der Waals surface area contributed by atoms with E-state index in [1.807, 2.05) is 0 Å². The zero-order valence-corrected chi connectivity index (χ0v) is 19.9. The third-order valence-corrected chi connectivity index (χ3v) is 6.00. The number of aromatic nitrogens is 1. The number of carbonyl (C=O) groups excluding carboxylic acids is 2. The Morgan fingerprint density at radius 2 is 1.81 bits per heavy atom. The highest BCUT2D eigenvalue weighted by Crippen LogP contribution is 2.45. The Balaban J connectivity index is 1.93. The molecule has 3 aromatic rings. The maximum atomic E-state index is 14.2. The van der Waals surface area contributed by atoms with Crippen molar-refractivity contribution in [1.29, 1.82) is 0 Å². The maximum Gasteiger partial charge on any atom is 0.417 e. The maximum absolute atomic E-state index is 14.2. The van der Waals surface area contributed by atoms with Gasteiger partial charge in [-0.2, -0.15) is 13.2 Å². The van der Waals surface area contributed by atoms with Crippen LogP contribution < -0.4 is 15.8 Å². The molecule has 5 N–H and O–H groups in total. The van der Waals surface area contributed by atoms with Gasteiger partial charge in [-0.05, 0) is 54.3 Å². The van der Waals surface area contributed by atoms with Crippen LogP contribution in [-0.4, -0.2) is 47.3 Å². The molecule has 0 saturated heterocycles. The first-order valence-corrected chi connectivity index (χ1v) is 11.0. The van der Waals surface area contributed by atoms with E-state index in [2.05, 4.69) is 10.3 Å². The Hall–Kier alpha value is -3.60. The Morgan fingerprint density at radius 3 is 2.42 bits per heavy atom. The van der Waals surface area contributed by atoms with Crippen molar-refractivity contribution in [2.24, 2.45) is 5.73 Å². The van der Waals surface area contributed by atoms with E-state index in [9.17, 15) is 32.3 Å². The quantitative estimate of drug-likeness (QED) is 0.329. The summed E-state index contributed by atoms with van der Waals surface area (Å²) in [6.45, 7) is 2.59. The van der Waals surface area contributed by atoms with Gasteiger partial charge in [-0.25, -0.2) is 4.39 Å². The summed E-state index contributed by atoms with van der Waals surface area (Å²) in [6.07, 6.45) is -6.60. The van der Waals surface area contributed by atoms with Crippen molar-refractivity contribution in [2.75, 3.05) is 13.7 Å². The zero-order chi connectivity index (χ0) is 26.9. The lowest BCUT2D eigenvalue weighted by Crippen LogP contribution is -2.51. The normalized spacial score (nSPS) is 13.9. The molecule has 11 heteroatoms. The van der Waals surface area contributed by atoms with Crippen molar-refractivity contribution in [3.05, 3.63) is 65.1 Å². The molecule has 0 saturated carbocycles. The fourth-order valence-electron chi connectivity index (χ4n) is 4.31. The molecule has 36 heavy (non-hydrogen) atoms. The second kappa shape index (κ2) is 9.81. The third-order valence-electron chi connectivity index (χ3n) is 6.00.